The molecule has 164 valence electrons. The summed E-state index contributed by atoms with van der Waals surface area (Å²) >= 11 is 0. The van der Waals surface area contributed by atoms with Crippen molar-refractivity contribution < 1.29 is 4.52 Å². The Morgan fingerprint density at radius 1 is 0.844 bits per heavy atom. The minimum Gasteiger partial charge on any atom is -0.369 e. The molecule has 1 N–H and O–H groups in total. The van der Waals surface area contributed by atoms with Crippen molar-refractivity contribution in [1.29, 1.82) is 0 Å². The molecule has 32 heavy (non-hydrogen) atoms. The highest BCUT2D eigenvalue weighted by Crippen LogP contribution is 2.28. The smallest absolute Gasteiger partial charge is 0.151 e. The van der Waals surface area contributed by atoms with Gasteiger partial charge in [-0.1, -0.05) is 65.8 Å². The summed E-state index contributed by atoms with van der Waals surface area (Å²) in [5.41, 5.74) is 3.35. The van der Waals surface area contributed by atoms with Gasteiger partial charge in [0.25, 0.3) is 0 Å². The first-order chi connectivity index (χ1) is 15.9. The molecule has 0 unspecified atom stereocenters. The van der Waals surface area contributed by atoms with E-state index in [0.717, 1.165) is 62.7 Å². The molecule has 3 aromatic carbocycles. The van der Waals surface area contributed by atoms with E-state index >= 15 is 0 Å². The molecule has 1 fully saturated rings. The first kappa shape index (κ1) is 20.7. The Balaban J connectivity index is 1.05. The summed E-state index contributed by atoms with van der Waals surface area (Å²) in [6.45, 7) is 7.28. The zero-order valence-corrected chi connectivity index (χ0v) is 18.4. The summed E-state index contributed by atoms with van der Waals surface area (Å²) in [6, 6.07) is 27.5. The SMILES string of the molecule is c1ccc(N2CCN(CCCNCc3cc(-c4cccc5ccccc45)no3)CC2)cc1. The second-order valence-corrected chi connectivity index (χ2v) is 8.40. The van der Waals surface area contributed by atoms with Crippen LogP contribution in [0.1, 0.15) is 12.2 Å². The largest absolute Gasteiger partial charge is 0.369 e. The molecule has 1 aliphatic rings. The summed E-state index contributed by atoms with van der Waals surface area (Å²) in [5.74, 6) is 0.879. The van der Waals surface area contributed by atoms with Gasteiger partial charge in [-0.3, -0.25) is 4.90 Å². The van der Waals surface area contributed by atoms with Crippen LogP contribution < -0.4 is 10.2 Å². The summed E-state index contributed by atoms with van der Waals surface area (Å²) in [5, 5.41) is 10.2. The Morgan fingerprint density at radius 2 is 1.62 bits per heavy atom. The molecule has 0 aliphatic carbocycles. The number of fused-ring (bicyclic) bond motifs is 1. The maximum absolute atomic E-state index is 5.59. The van der Waals surface area contributed by atoms with E-state index in [0.29, 0.717) is 6.54 Å². The number of benzene rings is 3. The molecule has 4 aromatic rings. The third kappa shape index (κ3) is 4.85. The molecule has 5 nitrogen and oxygen atoms in total. The molecule has 0 atom stereocenters. The monoisotopic (exact) mass is 426 g/mol. The number of nitrogens with zero attached hydrogens (tertiary/aromatic N) is 3. The predicted octanol–water partition coefficient (Wildman–Crippen LogP) is 4.80. The van der Waals surface area contributed by atoms with Crippen LogP contribution in [-0.4, -0.2) is 49.3 Å². The standard InChI is InChI=1S/C27H30N4O/c1-2-10-23(11-3-1)31-18-16-30(17-19-31)15-7-14-28-21-24-20-27(29-32-24)26-13-6-9-22-8-4-5-12-25(22)26/h1-6,8-13,20,28H,7,14-19,21H2. The predicted molar refractivity (Wildman–Crippen MR) is 131 cm³/mol. The van der Waals surface area contributed by atoms with Crippen molar-refractivity contribution in [3.05, 3.63) is 84.6 Å². The Labute approximate surface area is 189 Å². The fourth-order valence-electron chi connectivity index (χ4n) is 4.48. The van der Waals surface area contributed by atoms with Crippen molar-refractivity contribution in [1.82, 2.24) is 15.4 Å². The highest BCUT2D eigenvalue weighted by atomic mass is 16.5. The Kier molecular flexibility index (Phi) is 6.47. The van der Waals surface area contributed by atoms with E-state index in [4.69, 9.17) is 4.52 Å². The topological polar surface area (TPSA) is 44.5 Å². The van der Waals surface area contributed by atoms with Crippen molar-refractivity contribution in [2.24, 2.45) is 0 Å². The summed E-state index contributed by atoms with van der Waals surface area (Å²) < 4.78 is 5.59. The van der Waals surface area contributed by atoms with Gasteiger partial charge in [0.15, 0.2) is 5.76 Å². The van der Waals surface area contributed by atoms with Crippen LogP contribution in [0.15, 0.2) is 83.4 Å². The lowest BCUT2D eigenvalue weighted by molar-refractivity contribution is 0.253. The molecular weight excluding hydrogens is 396 g/mol. The molecule has 0 amide bonds. The average molecular weight is 427 g/mol. The number of rotatable bonds is 8. The third-order valence-corrected chi connectivity index (χ3v) is 6.25. The van der Waals surface area contributed by atoms with Crippen LogP contribution in [0, 0.1) is 0 Å². The number of hydrogen-bond donors (Lipinski definition) is 1. The summed E-state index contributed by atoms with van der Waals surface area (Å²) in [7, 11) is 0. The fraction of sp³-hybridized carbons (Fsp3) is 0.296. The van der Waals surface area contributed by atoms with E-state index in [9.17, 15) is 0 Å². The van der Waals surface area contributed by atoms with E-state index in [-0.39, 0.29) is 0 Å². The van der Waals surface area contributed by atoms with Gasteiger partial charge >= 0.3 is 0 Å². The lowest BCUT2D eigenvalue weighted by atomic mass is 10.0. The maximum Gasteiger partial charge on any atom is 0.151 e. The van der Waals surface area contributed by atoms with Crippen molar-refractivity contribution >= 4 is 16.5 Å². The Bertz CT molecular complexity index is 1130. The molecule has 1 aliphatic heterocycles. The average Bonchev–Trinajstić information content (AvgIpc) is 3.33. The zero-order valence-electron chi connectivity index (χ0n) is 18.4. The summed E-state index contributed by atoms with van der Waals surface area (Å²) in [4.78, 5) is 5.04. The molecule has 5 rings (SSSR count). The molecule has 0 saturated carbocycles. The van der Waals surface area contributed by atoms with E-state index < -0.39 is 0 Å². The minimum atomic E-state index is 0.708. The molecule has 5 heteroatoms. The normalized spacial score (nSPS) is 14.8. The van der Waals surface area contributed by atoms with E-state index in [2.05, 4.69) is 99.1 Å². The zero-order chi connectivity index (χ0) is 21.6. The maximum atomic E-state index is 5.59. The van der Waals surface area contributed by atoms with Gasteiger partial charge in [-0.05, 0) is 42.4 Å². The van der Waals surface area contributed by atoms with Crippen LogP contribution in [0.2, 0.25) is 0 Å². The first-order valence-corrected chi connectivity index (χ1v) is 11.5. The second-order valence-electron chi connectivity index (χ2n) is 8.40. The number of anilines is 1. The Hall–Kier alpha value is -3.15. The molecule has 0 radical (unpaired) electrons. The molecule has 1 saturated heterocycles. The van der Waals surface area contributed by atoms with Gasteiger partial charge in [-0.15, -0.1) is 0 Å². The molecule has 0 spiro atoms. The van der Waals surface area contributed by atoms with Crippen molar-refractivity contribution in [3.63, 3.8) is 0 Å². The van der Waals surface area contributed by atoms with E-state index in [1.54, 1.807) is 0 Å². The molecule has 0 bridgehead atoms. The fourth-order valence-corrected chi connectivity index (χ4v) is 4.48. The Morgan fingerprint density at radius 3 is 2.50 bits per heavy atom. The lowest BCUT2D eigenvalue weighted by Gasteiger charge is -2.36. The number of nitrogens with one attached hydrogen (secondary N) is 1. The second kappa shape index (κ2) is 9.98. The lowest BCUT2D eigenvalue weighted by Crippen LogP contribution is -2.46. The van der Waals surface area contributed by atoms with E-state index in [1.165, 1.54) is 16.5 Å². The third-order valence-electron chi connectivity index (χ3n) is 6.25. The van der Waals surface area contributed by atoms with Crippen LogP contribution in [0.25, 0.3) is 22.0 Å². The number of para-hydroxylation sites is 1. The van der Waals surface area contributed by atoms with Crippen molar-refractivity contribution in [2.75, 3.05) is 44.2 Å². The van der Waals surface area contributed by atoms with E-state index in [1.807, 2.05) is 0 Å². The first-order valence-electron chi connectivity index (χ1n) is 11.5. The highest BCUT2D eigenvalue weighted by Gasteiger charge is 2.16. The molecule has 2 heterocycles. The number of hydrogen-bond acceptors (Lipinski definition) is 5. The van der Waals surface area contributed by atoms with Gasteiger partial charge in [0, 0.05) is 43.5 Å². The van der Waals surface area contributed by atoms with Crippen molar-refractivity contribution in [2.45, 2.75) is 13.0 Å². The van der Waals surface area contributed by atoms with Gasteiger partial charge in [-0.2, -0.15) is 0 Å². The van der Waals surface area contributed by atoms with Crippen LogP contribution in [0.4, 0.5) is 5.69 Å². The van der Waals surface area contributed by atoms with Gasteiger partial charge in [-0.25, -0.2) is 0 Å². The quantitative estimate of drug-likeness (QED) is 0.410. The van der Waals surface area contributed by atoms with Gasteiger partial charge < -0.3 is 14.7 Å². The van der Waals surface area contributed by atoms with Crippen LogP contribution in [0.3, 0.4) is 0 Å². The highest BCUT2D eigenvalue weighted by molar-refractivity contribution is 5.95. The van der Waals surface area contributed by atoms with Crippen LogP contribution in [0.5, 0.6) is 0 Å². The van der Waals surface area contributed by atoms with Crippen LogP contribution in [-0.2, 0) is 6.54 Å². The number of aromatic nitrogens is 1. The van der Waals surface area contributed by atoms with Gasteiger partial charge in [0.05, 0.1) is 6.54 Å². The van der Waals surface area contributed by atoms with Crippen molar-refractivity contribution in [3.8, 4) is 11.3 Å². The molecule has 1 aromatic heterocycles. The number of piperazine rings is 1. The van der Waals surface area contributed by atoms with Gasteiger partial charge in [0.1, 0.15) is 5.69 Å². The summed E-state index contributed by atoms with van der Waals surface area (Å²) in [6.07, 6.45) is 1.13. The minimum absolute atomic E-state index is 0.708. The molecular formula is C27H30N4O. The van der Waals surface area contributed by atoms with Gasteiger partial charge in [0.2, 0.25) is 0 Å². The van der Waals surface area contributed by atoms with Crippen LogP contribution >= 0.6 is 0 Å².